The Morgan fingerprint density at radius 1 is 1.64 bits per heavy atom. The smallest absolute Gasteiger partial charge is 0.246 e. The third kappa shape index (κ3) is 2.65. The van der Waals surface area contributed by atoms with E-state index in [0.29, 0.717) is 0 Å². The molecule has 11 heavy (non-hydrogen) atoms. The van der Waals surface area contributed by atoms with Crippen molar-refractivity contribution < 1.29 is 9.84 Å². The Bertz CT molecular complexity index is 233. The molecule has 1 aromatic heterocycles. The highest BCUT2D eigenvalue weighted by Crippen LogP contribution is 2.05. The highest BCUT2D eigenvalue weighted by Gasteiger charge is 1.96. The summed E-state index contributed by atoms with van der Waals surface area (Å²) in [5, 5.41) is 15.3. The highest BCUT2D eigenvalue weighted by atomic mass is 35.5. The van der Waals surface area contributed by atoms with Crippen molar-refractivity contribution in [2.24, 2.45) is 0 Å². The van der Waals surface area contributed by atoms with Crippen molar-refractivity contribution in [1.82, 2.24) is 15.2 Å². The predicted molar refractivity (Wildman–Crippen MR) is 37.4 cm³/mol. The van der Waals surface area contributed by atoms with Crippen molar-refractivity contribution in [3.8, 4) is 5.88 Å². The van der Waals surface area contributed by atoms with Crippen LogP contribution in [-0.2, 0) is 0 Å². The molecule has 0 amide bonds. The Kier molecular flexibility index (Phi) is 3.00. The second-order valence-electron chi connectivity index (χ2n) is 1.64. The summed E-state index contributed by atoms with van der Waals surface area (Å²) in [5.74, 6) is 0.263. The quantitative estimate of drug-likeness (QED) is 0.695. The van der Waals surface area contributed by atoms with Crippen LogP contribution in [0.25, 0.3) is 0 Å². The molecule has 0 aromatic carbocycles. The van der Waals surface area contributed by atoms with Crippen molar-refractivity contribution in [2.75, 3.05) is 13.2 Å². The first-order valence-corrected chi connectivity index (χ1v) is 3.29. The SMILES string of the molecule is OCCOc1cnnc(Cl)n1. The summed E-state index contributed by atoms with van der Waals surface area (Å²) in [6.45, 7) is 0.108. The number of nitrogens with zero attached hydrogens (tertiary/aromatic N) is 3. The summed E-state index contributed by atoms with van der Waals surface area (Å²) in [5.41, 5.74) is 0. The molecular weight excluding hydrogens is 170 g/mol. The van der Waals surface area contributed by atoms with E-state index in [4.69, 9.17) is 21.4 Å². The molecule has 1 aromatic rings. The maximum atomic E-state index is 8.38. The highest BCUT2D eigenvalue weighted by molar-refractivity contribution is 6.28. The van der Waals surface area contributed by atoms with Crippen LogP contribution in [0.2, 0.25) is 5.28 Å². The molecule has 0 bridgehead atoms. The van der Waals surface area contributed by atoms with Crippen molar-refractivity contribution in [3.05, 3.63) is 11.5 Å². The van der Waals surface area contributed by atoms with E-state index in [1.54, 1.807) is 0 Å². The topological polar surface area (TPSA) is 68.1 Å². The van der Waals surface area contributed by atoms with Gasteiger partial charge in [0.1, 0.15) is 12.8 Å². The largest absolute Gasteiger partial charge is 0.474 e. The number of aromatic nitrogens is 3. The Morgan fingerprint density at radius 2 is 2.45 bits per heavy atom. The van der Waals surface area contributed by atoms with Gasteiger partial charge in [-0.15, -0.1) is 5.10 Å². The summed E-state index contributed by atoms with van der Waals surface area (Å²) >= 11 is 5.40. The average molecular weight is 176 g/mol. The molecule has 1 N–H and O–H groups in total. The minimum absolute atomic E-state index is 0.0282. The molecule has 60 valence electrons. The predicted octanol–water partition coefficient (Wildman–Crippen LogP) is -0.104. The fraction of sp³-hybridized carbons (Fsp3) is 0.400. The minimum atomic E-state index is -0.0678. The van der Waals surface area contributed by atoms with Gasteiger partial charge in [-0.25, -0.2) is 0 Å². The van der Waals surface area contributed by atoms with Crippen LogP contribution in [0.1, 0.15) is 0 Å². The lowest BCUT2D eigenvalue weighted by Gasteiger charge is -1.99. The molecule has 0 atom stereocenters. The average Bonchev–Trinajstić information content (AvgIpc) is 2.01. The minimum Gasteiger partial charge on any atom is -0.474 e. The zero-order chi connectivity index (χ0) is 8.10. The van der Waals surface area contributed by atoms with E-state index in [1.807, 2.05) is 0 Å². The fourth-order valence-electron chi connectivity index (χ4n) is 0.488. The number of rotatable bonds is 3. The third-order valence-electron chi connectivity index (χ3n) is 0.852. The van der Waals surface area contributed by atoms with E-state index in [-0.39, 0.29) is 24.4 Å². The standard InChI is InChI=1S/C5H6ClN3O2/c6-5-8-4(3-7-9-5)11-2-1-10/h3,10H,1-2H2. The van der Waals surface area contributed by atoms with Gasteiger partial charge in [-0.3, -0.25) is 0 Å². The molecular formula is C5H6ClN3O2. The lowest BCUT2D eigenvalue weighted by Crippen LogP contribution is -2.03. The second-order valence-corrected chi connectivity index (χ2v) is 1.97. The van der Waals surface area contributed by atoms with Crippen molar-refractivity contribution in [1.29, 1.82) is 0 Å². The number of ether oxygens (including phenoxy) is 1. The van der Waals surface area contributed by atoms with Crippen LogP contribution in [0.5, 0.6) is 5.88 Å². The summed E-state index contributed by atoms with van der Waals surface area (Å²) in [6.07, 6.45) is 1.32. The fourth-order valence-corrected chi connectivity index (χ4v) is 0.615. The van der Waals surface area contributed by atoms with Gasteiger partial charge < -0.3 is 9.84 Å². The van der Waals surface area contributed by atoms with Gasteiger partial charge in [0.25, 0.3) is 0 Å². The Balaban J connectivity index is 2.56. The molecule has 0 aliphatic heterocycles. The van der Waals surface area contributed by atoms with Gasteiger partial charge in [-0.2, -0.15) is 10.1 Å². The molecule has 0 fully saturated rings. The number of aliphatic hydroxyl groups excluding tert-OH is 1. The molecule has 0 aliphatic carbocycles. The van der Waals surface area contributed by atoms with Gasteiger partial charge in [0.2, 0.25) is 11.2 Å². The molecule has 0 spiro atoms. The Hall–Kier alpha value is -0.940. The Morgan fingerprint density at radius 3 is 3.09 bits per heavy atom. The lowest BCUT2D eigenvalue weighted by atomic mass is 10.7. The van der Waals surface area contributed by atoms with Crippen LogP contribution in [0.3, 0.4) is 0 Å². The van der Waals surface area contributed by atoms with Gasteiger partial charge in [0, 0.05) is 0 Å². The van der Waals surface area contributed by atoms with Gasteiger partial charge in [-0.05, 0) is 11.6 Å². The summed E-state index contributed by atoms with van der Waals surface area (Å²) in [4.78, 5) is 3.67. The van der Waals surface area contributed by atoms with Gasteiger partial charge >= 0.3 is 0 Å². The van der Waals surface area contributed by atoms with Crippen LogP contribution >= 0.6 is 11.6 Å². The molecule has 0 aliphatic rings. The molecule has 0 unspecified atom stereocenters. The summed E-state index contributed by atoms with van der Waals surface area (Å²) in [7, 11) is 0. The van der Waals surface area contributed by atoms with E-state index in [2.05, 4.69) is 15.2 Å². The zero-order valence-electron chi connectivity index (χ0n) is 5.57. The first-order chi connectivity index (χ1) is 5.33. The van der Waals surface area contributed by atoms with Crippen LogP contribution in [-0.4, -0.2) is 33.5 Å². The number of halogens is 1. The number of hydrogen-bond donors (Lipinski definition) is 1. The normalized spacial score (nSPS) is 9.64. The van der Waals surface area contributed by atoms with Crippen molar-refractivity contribution >= 4 is 11.6 Å². The van der Waals surface area contributed by atoms with Crippen LogP contribution in [0.15, 0.2) is 6.20 Å². The Labute approximate surface area is 68.0 Å². The van der Waals surface area contributed by atoms with Crippen molar-refractivity contribution in [3.63, 3.8) is 0 Å². The van der Waals surface area contributed by atoms with Crippen molar-refractivity contribution in [2.45, 2.75) is 0 Å². The maximum absolute atomic E-state index is 8.38. The third-order valence-corrected chi connectivity index (χ3v) is 1.01. The van der Waals surface area contributed by atoms with E-state index < -0.39 is 0 Å². The molecule has 0 saturated heterocycles. The van der Waals surface area contributed by atoms with E-state index in [9.17, 15) is 0 Å². The summed E-state index contributed by atoms with van der Waals surface area (Å²) in [6, 6.07) is 0. The van der Waals surface area contributed by atoms with Crippen LogP contribution in [0.4, 0.5) is 0 Å². The molecule has 6 heteroatoms. The number of hydrogen-bond acceptors (Lipinski definition) is 5. The van der Waals surface area contributed by atoms with Gasteiger partial charge in [-0.1, -0.05) is 0 Å². The monoisotopic (exact) mass is 175 g/mol. The van der Waals surface area contributed by atoms with Crippen LogP contribution < -0.4 is 4.74 Å². The first kappa shape index (κ1) is 8.16. The van der Waals surface area contributed by atoms with E-state index in [0.717, 1.165) is 0 Å². The first-order valence-electron chi connectivity index (χ1n) is 2.92. The van der Waals surface area contributed by atoms with E-state index >= 15 is 0 Å². The zero-order valence-corrected chi connectivity index (χ0v) is 6.32. The molecule has 1 rings (SSSR count). The van der Waals surface area contributed by atoms with Gasteiger partial charge in [0.05, 0.1) is 6.61 Å². The summed E-state index contributed by atoms with van der Waals surface area (Å²) < 4.78 is 4.89. The molecule has 0 saturated carbocycles. The second kappa shape index (κ2) is 4.05. The van der Waals surface area contributed by atoms with Gasteiger partial charge in [0.15, 0.2) is 0 Å². The molecule has 5 nitrogen and oxygen atoms in total. The molecule has 0 radical (unpaired) electrons. The van der Waals surface area contributed by atoms with E-state index in [1.165, 1.54) is 6.20 Å². The number of aliphatic hydroxyl groups is 1. The molecule has 1 heterocycles. The maximum Gasteiger partial charge on any atom is 0.246 e. The lowest BCUT2D eigenvalue weighted by molar-refractivity contribution is 0.196. The van der Waals surface area contributed by atoms with Crippen LogP contribution in [0, 0.1) is 0 Å².